The molecule has 1 atom stereocenters. The third kappa shape index (κ3) is 2.63. The number of fused-ring (bicyclic) bond motifs is 1. The fourth-order valence-corrected chi connectivity index (χ4v) is 2.75. The van der Waals surface area contributed by atoms with Crippen molar-refractivity contribution >= 4 is 0 Å². The van der Waals surface area contributed by atoms with Crippen LogP contribution in [0.2, 0.25) is 0 Å². The highest BCUT2D eigenvalue weighted by Crippen LogP contribution is 2.34. The van der Waals surface area contributed by atoms with Crippen molar-refractivity contribution in [2.45, 2.75) is 44.9 Å². The maximum Gasteiger partial charge on any atom is 0.122 e. The van der Waals surface area contributed by atoms with Gasteiger partial charge < -0.3 is 10.5 Å². The molecule has 0 saturated heterocycles. The van der Waals surface area contributed by atoms with Crippen LogP contribution in [0.25, 0.3) is 0 Å². The summed E-state index contributed by atoms with van der Waals surface area (Å²) in [5.41, 5.74) is 9.99. The summed E-state index contributed by atoms with van der Waals surface area (Å²) < 4.78 is 5.54. The van der Waals surface area contributed by atoms with Crippen LogP contribution >= 0.6 is 0 Å². The summed E-state index contributed by atoms with van der Waals surface area (Å²) in [6, 6.07) is 4.60. The molecule has 1 aromatic carbocycles. The van der Waals surface area contributed by atoms with Gasteiger partial charge in [0.2, 0.25) is 0 Å². The SMILES string of the molecule is COc1cc2c(cc1C(C)CCN)CCCC2. The number of hydrogen-bond donors (Lipinski definition) is 1. The second kappa shape index (κ2) is 5.54. The van der Waals surface area contributed by atoms with Gasteiger partial charge in [0.05, 0.1) is 7.11 Å². The van der Waals surface area contributed by atoms with Crippen molar-refractivity contribution in [3.63, 3.8) is 0 Å². The summed E-state index contributed by atoms with van der Waals surface area (Å²) in [6.07, 6.45) is 6.09. The topological polar surface area (TPSA) is 35.2 Å². The quantitative estimate of drug-likeness (QED) is 0.867. The molecule has 0 spiro atoms. The van der Waals surface area contributed by atoms with Crippen LogP contribution in [0.1, 0.15) is 48.8 Å². The molecule has 2 rings (SSSR count). The zero-order valence-electron chi connectivity index (χ0n) is 11.0. The van der Waals surface area contributed by atoms with E-state index in [0.717, 1.165) is 18.7 Å². The van der Waals surface area contributed by atoms with Gasteiger partial charge in [0.1, 0.15) is 5.75 Å². The van der Waals surface area contributed by atoms with E-state index in [-0.39, 0.29) is 0 Å². The van der Waals surface area contributed by atoms with E-state index in [9.17, 15) is 0 Å². The fraction of sp³-hybridized carbons (Fsp3) is 0.600. The molecule has 1 aliphatic rings. The summed E-state index contributed by atoms with van der Waals surface area (Å²) in [7, 11) is 1.77. The molecule has 0 aromatic heterocycles. The number of benzene rings is 1. The second-order valence-electron chi connectivity index (χ2n) is 5.05. The Kier molecular flexibility index (Phi) is 4.06. The number of aryl methyl sites for hydroxylation is 2. The molecule has 0 amide bonds. The van der Waals surface area contributed by atoms with Crippen LogP contribution in [0.5, 0.6) is 5.75 Å². The highest BCUT2D eigenvalue weighted by atomic mass is 16.5. The highest BCUT2D eigenvalue weighted by Gasteiger charge is 2.17. The maximum atomic E-state index is 5.66. The van der Waals surface area contributed by atoms with Gasteiger partial charge in [-0.2, -0.15) is 0 Å². The minimum Gasteiger partial charge on any atom is -0.496 e. The highest BCUT2D eigenvalue weighted by molar-refractivity contribution is 5.45. The Morgan fingerprint density at radius 3 is 2.47 bits per heavy atom. The van der Waals surface area contributed by atoms with Crippen molar-refractivity contribution < 1.29 is 4.74 Å². The summed E-state index contributed by atoms with van der Waals surface area (Å²) in [5.74, 6) is 1.54. The summed E-state index contributed by atoms with van der Waals surface area (Å²) in [4.78, 5) is 0. The molecule has 1 aromatic rings. The molecule has 0 radical (unpaired) electrons. The van der Waals surface area contributed by atoms with Gasteiger partial charge in [0, 0.05) is 0 Å². The van der Waals surface area contributed by atoms with E-state index in [1.807, 2.05) is 0 Å². The van der Waals surface area contributed by atoms with Crippen molar-refractivity contribution in [2.75, 3.05) is 13.7 Å². The maximum absolute atomic E-state index is 5.66. The van der Waals surface area contributed by atoms with Crippen molar-refractivity contribution in [1.82, 2.24) is 0 Å². The van der Waals surface area contributed by atoms with Crippen LogP contribution < -0.4 is 10.5 Å². The third-order valence-corrected chi connectivity index (χ3v) is 3.82. The molecule has 0 saturated carbocycles. The van der Waals surface area contributed by atoms with Gasteiger partial charge in [0.25, 0.3) is 0 Å². The number of rotatable bonds is 4. The van der Waals surface area contributed by atoms with Gasteiger partial charge in [-0.25, -0.2) is 0 Å². The van der Waals surface area contributed by atoms with E-state index in [4.69, 9.17) is 10.5 Å². The van der Waals surface area contributed by atoms with Gasteiger partial charge in [0.15, 0.2) is 0 Å². The average Bonchev–Trinajstić information content (AvgIpc) is 2.37. The minimum atomic E-state index is 0.488. The largest absolute Gasteiger partial charge is 0.496 e. The van der Waals surface area contributed by atoms with E-state index in [1.54, 1.807) is 7.11 Å². The lowest BCUT2D eigenvalue weighted by Gasteiger charge is -2.22. The summed E-state index contributed by atoms with van der Waals surface area (Å²) in [5, 5.41) is 0. The van der Waals surface area contributed by atoms with Crippen molar-refractivity contribution in [3.05, 3.63) is 28.8 Å². The average molecular weight is 233 g/mol. The number of nitrogens with two attached hydrogens (primary N) is 1. The molecule has 1 unspecified atom stereocenters. The molecule has 2 heteroatoms. The number of hydrogen-bond acceptors (Lipinski definition) is 2. The smallest absolute Gasteiger partial charge is 0.122 e. The van der Waals surface area contributed by atoms with E-state index < -0.39 is 0 Å². The van der Waals surface area contributed by atoms with Gasteiger partial charge in [-0.15, -0.1) is 0 Å². The molecule has 0 fully saturated rings. The normalized spacial score (nSPS) is 16.4. The molecule has 0 aliphatic heterocycles. The molecular weight excluding hydrogens is 210 g/mol. The molecule has 2 nitrogen and oxygen atoms in total. The first-order valence-corrected chi connectivity index (χ1v) is 6.66. The van der Waals surface area contributed by atoms with E-state index >= 15 is 0 Å². The Morgan fingerprint density at radius 1 is 1.24 bits per heavy atom. The first-order valence-electron chi connectivity index (χ1n) is 6.66. The van der Waals surface area contributed by atoms with Gasteiger partial charge in [-0.1, -0.05) is 13.0 Å². The van der Waals surface area contributed by atoms with Gasteiger partial charge >= 0.3 is 0 Å². The molecule has 0 bridgehead atoms. The Morgan fingerprint density at radius 2 is 1.88 bits per heavy atom. The molecular formula is C15H23NO. The standard InChI is InChI=1S/C15H23NO/c1-11(7-8-16)14-9-12-5-3-4-6-13(12)10-15(14)17-2/h9-11H,3-8,16H2,1-2H3. The van der Waals surface area contributed by atoms with E-state index in [1.165, 1.54) is 42.4 Å². The Balaban J connectivity index is 2.36. The van der Waals surface area contributed by atoms with Crippen molar-refractivity contribution in [1.29, 1.82) is 0 Å². The molecule has 1 aliphatic carbocycles. The Bertz CT molecular complexity index is 387. The van der Waals surface area contributed by atoms with Crippen molar-refractivity contribution in [2.24, 2.45) is 5.73 Å². The van der Waals surface area contributed by atoms with Crippen LogP contribution in [0, 0.1) is 0 Å². The lowest BCUT2D eigenvalue weighted by Crippen LogP contribution is -2.09. The van der Waals surface area contributed by atoms with Crippen LogP contribution in [-0.2, 0) is 12.8 Å². The van der Waals surface area contributed by atoms with Gasteiger partial charge in [-0.05, 0) is 67.3 Å². The van der Waals surface area contributed by atoms with Crippen LogP contribution in [0.3, 0.4) is 0 Å². The third-order valence-electron chi connectivity index (χ3n) is 3.82. The molecule has 94 valence electrons. The lowest BCUT2D eigenvalue weighted by atomic mass is 9.86. The predicted molar refractivity (Wildman–Crippen MR) is 71.7 cm³/mol. The zero-order chi connectivity index (χ0) is 12.3. The lowest BCUT2D eigenvalue weighted by molar-refractivity contribution is 0.404. The minimum absolute atomic E-state index is 0.488. The van der Waals surface area contributed by atoms with Crippen LogP contribution in [-0.4, -0.2) is 13.7 Å². The number of methoxy groups -OCH3 is 1. The first kappa shape index (κ1) is 12.4. The monoisotopic (exact) mass is 233 g/mol. The van der Waals surface area contributed by atoms with Crippen LogP contribution in [0.15, 0.2) is 12.1 Å². The first-order chi connectivity index (χ1) is 8.26. The summed E-state index contributed by atoms with van der Waals surface area (Å²) in [6.45, 7) is 2.97. The van der Waals surface area contributed by atoms with Crippen molar-refractivity contribution in [3.8, 4) is 5.75 Å². The molecule has 0 heterocycles. The Labute approximate surface area is 104 Å². The fourth-order valence-electron chi connectivity index (χ4n) is 2.75. The molecule has 2 N–H and O–H groups in total. The number of ether oxygens (including phenoxy) is 1. The predicted octanol–water partition coefficient (Wildman–Crippen LogP) is 3.03. The van der Waals surface area contributed by atoms with Crippen LogP contribution in [0.4, 0.5) is 0 Å². The summed E-state index contributed by atoms with van der Waals surface area (Å²) >= 11 is 0. The second-order valence-corrected chi connectivity index (χ2v) is 5.05. The van der Waals surface area contributed by atoms with E-state index in [0.29, 0.717) is 5.92 Å². The van der Waals surface area contributed by atoms with Gasteiger partial charge in [-0.3, -0.25) is 0 Å². The molecule has 17 heavy (non-hydrogen) atoms. The Hall–Kier alpha value is -1.02. The zero-order valence-corrected chi connectivity index (χ0v) is 11.0. The van der Waals surface area contributed by atoms with E-state index in [2.05, 4.69) is 19.1 Å².